The third kappa shape index (κ3) is 6.48. The highest BCUT2D eigenvalue weighted by molar-refractivity contribution is 7.98. The zero-order chi connectivity index (χ0) is 29.0. The number of sulfonamides is 1. The van der Waals surface area contributed by atoms with Crippen molar-refractivity contribution < 1.29 is 13.2 Å². The van der Waals surface area contributed by atoms with Gasteiger partial charge in [-0.1, -0.05) is 23.8 Å². The Labute approximate surface area is 241 Å². The van der Waals surface area contributed by atoms with Gasteiger partial charge in [0, 0.05) is 27.5 Å². The van der Waals surface area contributed by atoms with E-state index in [1.165, 1.54) is 22.9 Å². The fourth-order valence-corrected chi connectivity index (χ4v) is 6.47. The molecule has 1 aromatic heterocycles. The predicted octanol–water partition coefficient (Wildman–Crippen LogP) is 6.09. The molecule has 0 aliphatic carbocycles. The van der Waals surface area contributed by atoms with Crippen molar-refractivity contribution in [1.29, 1.82) is 0 Å². The fraction of sp³-hybridized carbons (Fsp3) is 0.226. The molecule has 1 heterocycles. The molecule has 0 spiro atoms. The van der Waals surface area contributed by atoms with E-state index in [-0.39, 0.29) is 4.90 Å². The standard InChI is InChI=1S/C31H34N4O3S2/c1-21-7-9-27(10-8-21)34(40(37,38)30-13-11-29(39-6)12-14-30)20-31(36)33-32-19-26-18-24(4)35(25(26)5)28-16-22(2)15-23(3)17-28/h7-19H,20H2,1-6H3,(H,33,36)/b32-19+. The lowest BCUT2D eigenvalue weighted by Crippen LogP contribution is -2.39. The number of nitrogens with zero attached hydrogens (tertiary/aromatic N) is 3. The number of hydrazone groups is 1. The summed E-state index contributed by atoms with van der Waals surface area (Å²) in [6, 6.07) is 22.0. The predicted molar refractivity (Wildman–Crippen MR) is 164 cm³/mol. The van der Waals surface area contributed by atoms with Crippen molar-refractivity contribution in [2.45, 2.75) is 44.4 Å². The molecule has 0 bridgehead atoms. The Bertz CT molecular complexity index is 1640. The molecule has 4 rings (SSSR count). The van der Waals surface area contributed by atoms with Gasteiger partial charge in [0.05, 0.1) is 16.8 Å². The summed E-state index contributed by atoms with van der Waals surface area (Å²) in [7, 11) is -4.00. The van der Waals surface area contributed by atoms with Gasteiger partial charge in [-0.15, -0.1) is 11.8 Å². The van der Waals surface area contributed by atoms with Crippen molar-refractivity contribution in [1.82, 2.24) is 9.99 Å². The first-order valence-corrected chi connectivity index (χ1v) is 15.5. The summed E-state index contributed by atoms with van der Waals surface area (Å²) in [5.74, 6) is -0.552. The second-order valence-electron chi connectivity index (χ2n) is 9.82. The van der Waals surface area contributed by atoms with Crippen LogP contribution in [0.1, 0.15) is 33.6 Å². The highest BCUT2D eigenvalue weighted by Gasteiger charge is 2.27. The van der Waals surface area contributed by atoms with Gasteiger partial charge in [-0.3, -0.25) is 9.10 Å². The van der Waals surface area contributed by atoms with Crippen LogP contribution in [-0.4, -0.2) is 37.9 Å². The van der Waals surface area contributed by atoms with Gasteiger partial charge >= 0.3 is 0 Å². The summed E-state index contributed by atoms with van der Waals surface area (Å²) in [5, 5.41) is 4.16. The van der Waals surface area contributed by atoms with Gasteiger partial charge in [-0.05, 0) is 107 Å². The summed E-state index contributed by atoms with van der Waals surface area (Å²) in [5.41, 5.74) is 10.2. The Morgan fingerprint density at radius 2 is 1.52 bits per heavy atom. The van der Waals surface area contributed by atoms with E-state index in [1.54, 1.807) is 42.6 Å². The molecule has 9 heteroatoms. The van der Waals surface area contributed by atoms with Crippen LogP contribution < -0.4 is 9.73 Å². The second kappa shape index (κ2) is 12.1. The average molecular weight is 575 g/mol. The molecular formula is C31H34N4O3S2. The zero-order valence-corrected chi connectivity index (χ0v) is 25.2. The number of thioether (sulfide) groups is 1. The van der Waals surface area contributed by atoms with E-state index < -0.39 is 22.5 Å². The first-order chi connectivity index (χ1) is 19.0. The molecule has 0 saturated heterocycles. The summed E-state index contributed by atoms with van der Waals surface area (Å²) in [4.78, 5) is 14.0. The Morgan fingerprint density at radius 3 is 2.12 bits per heavy atom. The number of aromatic nitrogens is 1. The molecule has 1 amide bonds. The van der Waals surface area contributed by atoms with Crippen molar-refractivity contribution in [2.24, 2.45) is 5.10 Å². The number of hydrogen-bond acceptors (Lipinski definition) is 5. The van der Waals surface area contributed by atoms with Crippen molar-refractivity contribution >= 4 is 39.6 Å². The Balaban J connectivity index is 1.56. The van der Waals surface area contributed by atoms with Gasteiger partial charge in [-0.2, -0.15) is 5.10 Å². The summed E-state index contributed by atoms with van der Waals surface area (Å²) >= 11 is 1.53. The van der Waals surface area contributed by atoms with Crippen LogP contribution in [0.4, 0.5) is 5.69 Å². The molecular weight excluding hydrogens is 541 g/mol. The van der Waals surface area contributed by atoms with Crippen LogP contribution in [0.3, 0.4) is 0 Å². The SMILES string of the molecule is CSc1ccc(S(=O)(=O)N(CC(=O)N/N=C/c2cc(C)n(-c3cc(C)cc(C)c3)c2C)c2ccc(C)cc2)cc1. The molecule has 0 radical (unpaired) electrons. The van der Waals surface area contributed by atoms with Crippen LogP contribution in [0.15, 0.2) is 87.7 Å². The Kier molecular flexibility index (Phi) is 8.85. The van der Waals surface area contributed by atoms with Crippen LogP contribution in [-0.2, 0) is 14.8 Å². The lowest BCUT2D eigenvalue weighted by molar-refractivity contribution is -0.119. The molecule has 1 N–H and O–H groups in total. The van der Waals surface area contributed by atoms with E-state index in [9.17, 15) is 13.2 Å². The molecule has 0 aliphatic rings. The highest BCUT2D eigenvalue weighted by Crippen LogP contribution is 2.26. The summed E-state index contributed by atoms with van der Waals surface area (Å²) in [6.45, 7) is 9.67. The number of anilines is 1. The largest absolute Gasteiger partial charge is 0.318 e. The molecule has 0 unspecified atom stereocenters. The number of rotatable bonds is 9. The molecule has 0 saturated carbocycles. The number of hydrogen-bond donors (Lipinski definition) is 1. The monoisotopic (exact) mass is 574 g/mol. The van der Waals surface area contributed by atoms with E-state index in [4.69, 9.17) is 0 Å². The quantitative estimate of drug-likeness (QED) is 0.149. The minimum absolute atomic E-state index is 0.112. The molecule has 40 heavy (non-hydrogen) atoms. The summed E-state index contributed by atoms with van der Waals surface area (Å²) < 4.78 is 30.5. The van der Waals surface area contributed by atoms with Crippen molar-refractivity contribution in [2.75, 3.05) is 17.1 Å². The van der Waals surface area contributed by atoms with Gasteiger partial charge in [0.1, 0.15) is 6.54 Å². The zero-order valence-electron chi connectivity index (χ0n) is 23.6. The van der Waals surface area contributed by atoms with Gasteiger partial charge in [0.25, 0.3) is 15.9 Å². The molecule has 7 nitrogen and oxygen atoms in total. The summed E-state index contributed by atoms with van der Waals surface area (Å²) in [6.07, 6.45) is 3.51. The lowest BCUT2D eigenvalue weighted by Gasteiger charge is -2.24. The number of aryl methyl sites for hydroxylation is 4. The third-order valence-corrected chi connectivity index (χ3v) is 9.12. The van der Waals surface area contributed by atoms with Gasteiger partial charge in [0.2, 0.25) is 0 Å². The minimum atomic E-state index is -4.00. The van der Waals surface area contributed by atoms with Crippen LogP contribution in [0.25, 0.3) is 5.69 Å². The molecule has 0 atom stereocenters. The number of amides is 1. The molecule has 0 fully saturated rings. The number of carbonyl (C=O) groups excluding carboxylic acids is 1. The number of benzene rings is 3. The van der Waals surface area contributed by atoms with Gasteiger partial charge in [-0.25, -0.2) is 13.8 Å². The normalized spacial score (nSPS) is 11.7. The van der Waals surface area contributed by atoms with E-state index in [1.807, 2.05) is 45.2 Å². The lowest BCUT2D eigenvalue weighted by atomic mass is 10.1. The van der Waals surface area contributed by atoms with Gasteiger partial charge in [0.15, 0.2) is 0 Å². The Morgan fingerprint density at radius 1 is 0.900 bits per heavy atom. The number of carbonyl (C=O) groups is 1. The number of nitrogens with one attached hydrogen (secondary N) is 1. The molecule has 0 aliphatic heterocycles. The first-order valence-electron chi connectivity index (χ1n) is 12.8. The van der Waals surface area contributed by atoms with E-state index >= 15 is 0 Å². The Hall–Kier alpha value is -3.82. The molecule has 3 aromatic carbocycles. The maximum atomic E-state index is 13.6. The van der Waals surface area contributed by atoms with Gasteiger partial charge < -0.3 is 4.57 Å². The fourth-order valence-electron chi connectivity index (χ4n) is 4.64. The van der Waals surface area contributed by atoms with E-state index in [0.717, 1.165) is 37.4 Å². The van der Waals surface area contributed by atoms with Crippen molar-refractivity contribution in [3.8, 4) is 5.69 Å². The maximum Gasteiger partial charge on any atom is 0.264 e. The molecule has 4 aromatic rings. The smallest absolute Gasteiger partial charge is 0.264 e. The average Bonchev–Trinajstić information content (AvgIpc) is 3.19. The van der Waals surface area contributed by atoms with Crippen molar-refractivity contribution in [3.63, 3.8) is 0 Å². The first kappa shape index (κ1) is 29.2. The van der Waals surface area contributed by atoms with Crippen molar-refractivity contribution in [3.05, 3.63) is 106 Å². The van der Waals surface area contributed by atoms with Crippen LogP contribution in [0, 0.1) is 34.6 Å². The van der Waals surface area contributed by atoms with Crippen LogP contribution in [0.2, 0.25) is 0 Å². The van der Waals surface area contributed by atoms with E-state index in [0.29, 0.717) is 5.69 Å². The third-order valence-electron chi connectivity index (χ3n) is 6.58. The minimum Gasteiger partial charge on any atom is -0.318 e. The second-order valence-corrected chi connectivity index (χ2v) is 12.6. The van der Waals surface area contributed by atoms with Crippen LogP contribution >= 0.6 is 11.8 Å². The van der Waals surface area contributed by atoms with Crippen LogP contribution in [0.5, 0.6) is 0 Å². The topological polar surface area (TPSA) is 83.8 Å². The molecule has 208 valence electrons. The van der Waals surface area contributed by atoms with E-state index in [2.05, 4.69) is 47.1 Å². The highest BCUT2D eigenvalue weighted by atomic mass is 32.2. The maximum absolute atomic E-state index is 13.6.